The molecule has 4 rings (SSSR count). The summed E-state index contributed by atoms with van der Waals surface area (Å²) in [6.07, 6.45) is 18.6. The lowest BCUT2D eigenvalue weighted by Gasteiger charge is -2.54. The molecule has 3 saturated carbocycles. The summed E-state index contributed by atoms with van der Waals surface area (Å²) >= 11 is 0. The van der Waals surface area contributed by atoms with Crippen molar-refractivity contribution in [2.75, 3.05) is 0 Å². The predicted octanol–water partition coefficient (Wildman–Crippen LogP) is 5.22. The van der Waals surface area contributed by atoms with Crippen molar-refractivity contribution in [1.29, 1.82) is 0 Å². The summed E-state index contributed by atoms with van der Waals surface area (Å²) in [5.41, 5.74) is 0.683. The van der Waals surface area contributed by atoms with Crippen LogP contribution in [0, 0.1) is 40.9 Å². The van der Waals surface area contributed by atoms with Gasteiger partial charge in [0.2, 0.25) is 0 Å². The predicted molar refractivity (Wildman–Crippen MR) is 80.7 cm³/mol. The van der Waals surface area contributed by atoms with E-state index in [4.69, 9.17) is 0 Å². The van der Waals surface area contributed by atoms with Gasteiger partial charge in [0.1, 0.15) is 0 Å². The summed E-state index contributed by atoms with van der Waals surface area (Å²) in [4.78, 5) is 0. The fraction of sp³-hybridized carbons (Fsp3) is 0.789. The highest BCUT2D eigenvalue weighted by atomic mass is 14.6. The molecule has 7 atom stereocenters. The van der Waals surface area contributed by atoms with Crippen molar-refractivity contribution in [3.8, 4) is 0 Å². The molecule has 0 aromatic heterocycles. The van der Waals surface area contributed by atoms with Gasteiger partial charge in [-0.3, -0.25) is 0 Å². The lowest BCUT2D eigenvalue weighted by molar-refractivity contribution is -0.0306. The van der Waals surface area contributed by atoms with Gasteiger partial charge in [-0.15, -0.1) is 0 Å². The highest BCUT2D eigenvalue weighted by Gasteiger charge is 2.54. The minimum atomic E-state index is 0.683. The summed E-state index contributed by atoms with van der Waals surface area (Å²) in [7, 11) is 0. The van der Waals surface area contributed by atoms with Crippen LogP contribution in [0.25, 0.3) is 0 Å². The molecule has 0 aromatic rings. The molecular weight excluding hydrogens is 228 g/mol. The molecule has 0 aliphatic heterocycles. The Bertz CT molecular complexity index is 418. The van der Waals surface area contributed by atoms with Gasteiger partial charge in [-0.05, 0) is 79.4 Å². The monoisotopic (exact) mass is 256 g/mol. The maximum absolute atomic E-state index is 2.62. The third kappa shape index (κ3) is 1.64. The molecule has 0 radical (unpaired) electrons. The van der Waals surface area contributed by atoms with Gasteiger partial charge in [0.15, 0.2) is 0 Å². The first-order valence-electron chi connectivity index (χ1n) is 8.55. The van der Waals surface area contributed by atoms with Crippen LogP contribution in [0.5, 0.6) is 0 Å². The molecule has 0 nitrogen and oxygen atoms in total. The Labute approximate surface area is 118 Å². The van der Waals surface area contributed by atoms with Crippen LogP contribution in [0.3, 0.4) is 0 Å². The first-order valence-corrected chi connectivity index (χ1v) is 8.55. The van der Waals surface area contributed by atoms with Gasteiger partial charge in [-0.1, -0.05) is 38.2 Å². The Morgan fingerprint density at radius 1 is 0.895 bits per heavy atom. The quantitative estimate of drug-likeness (QED) is 0.557. The molecule has 0 bridgehead atoms. The average Bonchev–Trinajstić information content (AvgIpc) is 2.75. The van der Waals surface area contributed by atoms with Gasteiger partial charge < -0.3 is 0 Å². The Hall–Kier alpha value is -0.520. The third-order valence-corrected chi connectivity index (χ3v) is 7.59. The molecule has 0 amide bonds. The molecule has 3 fully saturated rings. The molecule has 0 aromatic carbocycles. The van der Waals surface area contributed by atoms with Crippen LogP contribution < -0.4 is 0 Å². The van der Waals surface area contributed by atoms with Gasteiger partial charge in [0, 0.05) is 0 Å². The summed E-state index contributed by atoms with van der Waals surface area (Å²) < 4.78 is 0. The van der Waals surface area contributed by atoms with Crippen molar-refractivity contribution in [2.45, 2.75) is 52.4 Å². The van der Waals surface area contributed by atoms with Gasteiger partial charge >= 0.3 is 0 Å². The van der Waals surface area contributed by atoms with E-state index < -0.39 is 0 Å². The Balaban J connectivity index is 1.63. The number of hydrogen-bond acceptors (Lipinski definition) is 0. The van der Waals surface area contributed by atoms with Crippen molar-refractivity contribution in [2.24, 2.45) is 40.9 Å². The van der Waals surface area contributed by atoms with E-state index in [1.165, 1.54) is 38.5 Å². The summed E-state index contributed by atoms with van der Waals surface area (Å²) in [5, 5.41) is 0. The number of allylic oxidation sites excluding steroid dienone is 4. The van der Waals surface area contributed by atoms with Crippen molar-refractivity contribution >= 4 is 0 Å². The van der Waals surface area contributed by atoms with E-state index in [1.807, 2.05) is 0 Å². The SMILES string of the molecule is CC1CCC2C3CCC4C=CC=CC4C3CCC12C. The average molecular weight is 256 g/mol. The lowest BCUT2D eigenvalue weighted by atomic mass is 9.51. The topological polar surface area (TPSA) is 0 Å². The smallest absolute Gasteiger partial charge is 0.0136 e. The van der Waals surface area contributed by atoms with Crippen LogP contribution in [0.2, 0.25) is 0 Å². The van der Waals surface area contributed by atoms with Crippen molar-refractivity contribution in [3.05, 3.63) is 24.3 Å². The fourth-order valence-corrected chi connectivity index (χ4v) is 6.28. The second-order valence-corrected chi connectivity index (χ2v) is 8.05. The van der Waals surface area contributed by atoms with Crippen LogP contribution in [0.15, 0.2) is 24.3 Å². The van der Waals surface area contributed by atoms with Crippen LogP contribution in [-0.4, -0.2) is 0 Å². The Morgan fingerprint density at radius 3 is 2.63 bits per heavy atom. The first-order chi connectivity index (χ1) is 9.20. The fourth-order valence-electron chi connectivity index (χ4n) is 6.28. The molecule has 0 N–H and O–H groups in total. The van der Waals surface area contributed by atoms with E-state index in [-0.39, 0.29) is 0 Å². The van der Waals surface area contributed by atoms with Gasteiger partial charge in [-0.25, -0.2) is 0 Å². The zero-order valence-electron chi connectivity index (χ0n) is 12.5. The molecule has 0 saturated heterocycles. The maximum atomic E-state index is 2.62. The highest BCUT2D eigenvalue weighted by molar-refractivity contribution is 5.18. The summed E-state index contributed by atoms with van der Waals surface area (Å²) in [6.45, 7) is 5.14. The molecule has 4 aliphatic carbocycles. The molecule has 19 heavy (non-hydrogen) atoms. The lowest BCUT2D eigenvalue weighted by Crippen LogP contribution is -2.46. The molecule has 4 aliphatic rings. The molecule has 7 unspecified atom stereocenters. The van der Waals surface area contributed by atoms with Crippen LogP contribution in [0.1, 0.15) is 52.4 Å². The van der Waals surface area contributed by atoms with E-state index in [9.17, 15) is 0 Å². The molecule has 104 valence electrons. The standard InChI is InChI=1S/C19H28/c1-13-7-10-18-17-9-8-14-5-3-4-6-15(14)16(17)11-12-19(13,18)2/h3-6,13-18H,7-12H2,1-2H3. The van der Waals surface area contributed by atoms with Crippen LogP contribution in [-0.2, 0) is 0 Å². The number of rotatable bonds is 0. The summed E-state index contributed by atoms with van der Waals surface area (Å²) in [5.74, 6) is 5.81. The van der Waals surface area contributed by atoms with Crippen LogP contribution >= 0.6 is 0 Å². The zero-order chi connectivity index (χ0) is 13.0. The molecule has 0 spiro atoms. The second kappa shape index (κ2) is 4.24. The minimum Gasteiger partial charge on any atom is -0.0808 e. The van der Waals surface area contributed by atoms with Gasteiger partial charge in [0.05, 0.1) is 0 Å². The second-order valence-electron chi connectivity index (χ2n) is 8.05. The number of fused-ring (bicyclic) bond motifs is 5. The minimum absolute atomic E-state index is 0.683. The third-order valence-electron chi connectivity index (χ3n) is 7.59. The Kier molecular flexibility index (Phi) is 2.73. The zero-order valence-corrected chi connectivity index (χ0v) is 12.5. The molecular formula is C19H28. The van der Waals surface area contributed by atoms with E-state index >= 15 is 0 Å². The maximum Gasteiger partial charge on any atom is -0.0136 e. The van der Waals surface area contributed by atoms with E-state index in [2.05, 4.69) is 38.2 Å². The van der Waals surface area contributed by atoms with E-state index in [0.29, 0.717) is 5.41 Å². The normalized spacial score (nSPS) is 55.5. The van der Waals surface area contributed by atoms with Gasteiger partial charge in [0.25, 0.3) is 0 Å². The van der Waals surface area contributed by atoms with E-state index in [0.717, 1.165) is 35.5 Å². The Morgan fingerprint density at radius 2 is 1.74 bits per heavy atom. The van der Waals surface area contributed by atoms with Crippen LogP contribution in [0.4, 0.5) is 0 Å². The summed E-state index contributed by atoms with van der Waals surface area (Å²) in [6, 6.07) is 0. The first kappa shape index (κ1) is 12.2. The van der Waals surface area contributed by atoms with Crippen molar-refractivity contribution < 1.29 is 0 Å². The largest absolute Gasteiger partial charge is 0.0808 e. The highest BCUT2D eigenvalue weighted by Crippen LogP contribution is 2.63. The molecule has 0 heteroatoms. The number of hydrogen-bond donors (Lipinski definition) is 0. The van der Waals surface area contributed by atoms with Crippen molar-refractivity contribution in [3.63, 3.8) is 0 Å². The van der Waals surface area contributed by atoms with Crippen molar-refractivity contribution in [1.82, 2.24) is 0 Å². The molecule has 0 heterocycles. The van der Waals surface area contributed by atoms with Gasteiger partial charge in [-0.2, -0.15) is 0 Å². The van der Waals surface area contributed by atoms with E-state index in [1.54, 1.807) is 0 Å².